The highest BCUT2D eigenvalue weighted by atomic mass is 16.3. The van der Waals surface area contributed by atoms with E-state index in [4.69, 9.17) is 0 Å². The molecule has 3 aliphatic rings. The van der Waals surface area contributed by atoms with Crippen molar-refractivity contribution in [1.82, 2.24) is 9.80 Å². The van der Waals surface area contributed by atoms with Gasteiger partial charge in [-0.1, -0.05) is 24.3 Å². The molecule has 3 atom stereocenters. The highest BCUT2D eigenvalue weighted by molar-refractivity contribution is 5.78. The predicted molar refractivity (Wildman–Crippen MR) is 84.4 cm³/mol. The molecule has 2 heterocycles. The van der Waals surface area contributed by atoms with E-state index in [0.717, 1.165) is 50.9 Å². The molecule has 1 N–H and O–H groups in total. The van der Waals surface area contributed by atoms with E-state index >= 15 is 0 Å². The molecule has 1 aromatic rings. The van der Waals surface area contributed by atoms with E-state index in [1.807, 2.05) is 12.1 Å². The number of aliphatic hydroxyl groups is 1. The van der Waals surface area contributed by atoms with Gasteiger partial charge in [-0.05, 0) is 43.4 Å². The molecule has 4 nitrogen and oxygen atoms in total. The molecule has 2 saturated heterocycles. The van der Waals surface area contributed by atoms with E-state index in [1.165, 1.54) is 5.56 Å². The van der Waals surface area contributed by atoms with Crippen LogP contribution in [0.2, 0.25) is 0 Å². The number of benzene rings is 1. The Kier molecular flexibility index (Phi) is 3.66. The summed E-state index contributed by atoms with van der Waals surface area (Å²) in [6, 6.07) is 8.76. The number of hydrogen-bond donors (Lipinski definition) is 1. The van der Waals surface area contributed by atoms with Gasteiger partial charge in [-0.25, -0.2) is 0 Å². The van der Waals surface area contributed by atoms with Gasteiger partial charge >= 0.3 is 0 Å². The van der Waals surface area contributed by atoms with Gasteiger partial charge in [0.05, 0.1) is 6.10 Å². The lowest BCUT2D eigenvalue weighted by atomic mass is 10.0. The fourth-order valence-electron chi connectivity index (χ4n) is 4.48. The zero-order valence-electron chi connectivity index (χ0n) is 12.9. The zero-order chi connectivity index (χ0) is 15.1. The van der Waals surface area contributed by atoms with Crippen LogP contribution in [0.4, 0.5) is 0 Å². The number of aliphatic hydroxyl groups excluding tert-OH is 1. The minimum Gasteiger partial charge on any atom is -0.387 e. The van der Waals surface area contributed by atoms with Crippen molar-refractivity contribution in [3.05, 3.63) is 35.4 Å². The second-order valence-electron chi connectivity index (χ2n) is 6.90. The number of piperidine rings is 1. The molecule has 0 spiro atoms. The smallest absolute Gasteiger partial charge is 0.222 e. The van der Waals surface area contributed by atoms with E-state index in [-0.39, 0.29) is 12.1 Å². The van der Waals surface area contributed by atoms with Crippen molar-refractivity contribution in [3.63, 3.8) is 0 Å². The van der Waals surface area contributed by atoms with E-state index in [0.29, 0.717) is 18.4 Å². The topological polar surface area (TPSA) is 43.8 Å². The van der Waals surface area contributed by atoms with E-state index in [2.05, 4.69) is 21.9 Å². The van der Waals surface area contributed by atoms with Gasteiger partial charge in [0, 0.05) is 31.6 Å². The van der Waals surface area contributed by atoms with Gasteiger partial charge in [0.1, 0.15) is 0 Å². The van der Waals surface area contributed by atoms with Gasteiger partial charge in [-0.2, -0.15) is 0 Å². The number of likely N-dealkylation sites (tertiary alicyclic amines) is 2. The second kappa shape index (κ2) is 5.67. The Morgan fingerprint density at radius 3 is 2.77 bits per heavy atom. The molecule has 1 aromatic carbocycles. The molecule has 1 aliphatic carbocycles. The number of fused-ring (bicyclic) bond motifs is 1. The number of carbonyl (C=O) groups excluding carboxylic acids is 1. The summed E-state index contributed by atoms with van der Waals surface area (Å²) in [5.41, 5.74) is 2.37. The molecule has 2 aliphatic heterocycles. The molecule has 118 valence electrons. The Bertz CT molecular complexity index is 574. The van der Waals surface area contributed by atoms with Crippen molar-refractivity contribution in [2.75, 3.05) is 19.6 Å². The normalized spacial score (nSPS) is 32.5. The molecule has 0 radical (unpaired) electrons. The van der Waals surface area contributed by atoms with Crippen molar-refractivity contribution < 1.29 is 9.90 Å². The lowest BCUT2D eigenvalue weighted by Gasteiger charge is -2.41. The third-order valence-corrected chi connectivity index (χ3v) is 5.61. The summed E-state index contributed by atoms with van der Waals surface area (Å²) in [7, 11) is 0. The maximum atomic E-state index is 12.0. The average Bonchev–Trinajstić information content (AvgIpc) is 3.12. The molecular formula is C18H24N2O2. The van der Waals surface area contributed by atoms with Gasteiger partial charge in [-0.3, -0.25) is 9.69 Å². The quantitative estimate of drug-likeness (QED) is 0.904. The van der Waals surface area contributed by atoms with Crippen LogP contribution in [0.15, 0.2) is 24.3 Å². The summed E-state index contributed by atoms with van der Waals surface area (Å²) in [5.74, 6) is 0.321. The fraction of sp³-hybridized carbons (Fsp3) is 0.611. The Morgan fingerprint density at radius 2 is 2.00 bits per heavy atom. The fourth-order valence-corrected chi connectivity index (χ4v) is 4.48. The van der Waals surface area contributed by atoms with Crippen molar-refractivity contribution in [2.45, 2.75) is 50.3 Å². The Balaban J connectivity index is 1.48. The Labute approximate surface area is 131 Å². The van der Waals surface area contributed by atoms with Crippen LogP contribution in [0.3, 0.4) is 0 Å². The SMILES string of the molecule is O=C1CCCN1[C@@H]1CCCN([C@H]2Cc3ccccc3[C@H]2O)C1. The van der Waals surface area contributed by atoms with E-state index in [9.17, 15) is 9.90 Å². The van der Waals surface area contributed by atoms with Crippen LogP contribution >= 0.6 is 0 Å². The minimum absolute atomic E-state index is 0.179. The predicted octanol–water partition coefficient (Wildman–Crippen LogP) is 1.73. The number of nitrogens with zero attached hydrogens (tertiary/aromatic N) is 2. The first-order valence-corrected chi connectivity index (χ1v) is 8.53. The van der Waals surface area contributed by atoms with Crippen molar-refractivity contribution >= 4 is 5.91 Å². The maximum Gasteiger partial charge on any atom is 0.222 e. The zero-order valence-corrected chi connectivity index (χ0v) is 12.9. The second-order valence-corrected chi connectivity index (χ2v) is 6.90. The van der Waals surface area contributed by atoms with Crippen molar-refractivity contribution in [2.24, 2.45) is 0 Å². The van der Waals surface area contributed by atoms with E-state index in [1.54, 1.807) is 0 Å². The van der Waals surface area contributed by atoms with Crippen LogP contribution in [-0.2, 0) is 11.2 Å². The molecule has 1 amide bonds. The lowest BCUT2D eigenvalue weighted by molar-refractivity contribution is -0.131. The van der Waals surface area contributed by atoms with Gasteiger partial charge in [-0.15, -0.1) is 0 Å². The average molecular weight is 300 g/mol. The molecule has 4 heteroatoms. The largest absolute Gasteiger partial charge is 0.387 e. The number of carbonyl (C=O) groups is 1. The Morgan fingerprint density at radius 1 is 1.14 bits per heavy atom. The van der Waals surface area contributed by atoms with Crippen molar-refractivity contribution in [3.8, 4) is 0 Å². The van der Waals surface area contributed by atoms with Gasteiger partial charge in [0.25, 0.3) is 0 Å². The molecule has 0 unspecified atom stereocenters. The first-order chi connectivity index (χ1) is 10.7. The number of amides is 1. The molecule has 0 saturated carbocycles. The van der Waals surface area contributed by atoms with Gasteiger partial charge in [0.2, 0.25) is 5.91 Å². The maximum absolute atomic E-state index is 12.0. The summed E-state index contributed by atoms with van der Waals surface area (Å²) in [6.07, 6.45) is 4.49. The summed E-state index contributed by atoms with van der Waals surface area (Å²) in [5, 5.41) is 10.7. The summed E-state index contributed by atoms with van der Waals surface area (Å²) >= 11 is 0. The third-order valence-electron chi connectivity index (χ3n) is 5.61. The summed E-state index contributed by atoms with van der Waals surface area (Å²) < 4.78 is 0. The number of hydrogen-bond acceptors (Lipinski definition) is 3. The highest BCUT2D eigenvalue weighted by Gasteiger charge is 2.39. The van der Waals surface area contributed by atoms with Crippen LogP contribution < -0.4 is 0 Å². The van der Waals surface area contributed by atoms with Gasteiger partial charge < -0.3 is 10.0 Å². The van der Waals surface area contributed by atoms with Crippen LogP contribution in [-0.4, -0.2) is 52.5 Å². The summed E-state index contributed by atoms with van der Waals surface area (Å²) in [4.78, 5) is 16.5. The monoisotopic (exact) mass is 300 g/mol. The molecule has 2 fully saturated rings. The first-order valence-electron chi connectivity index (χ1n) is 8.53. The Hall–Kier alpha value is -1.39. The third kappa shape index (κ3) is 2.34. The highest BCUT2D eigenvalue weighted by Crippen LogP contribution is 2.36. The molecular weight excluding hydrogens is 276 g/mol. The van der Waals surface area contributed by atoms with Crippen LogP contribution in [0.1, 0.15) is 42.9 Å². The molecule has 22 heavy (non-hydrogen) atoms. The summed E-state index contributed by atoms with van der Waals surface area (Å²) in [6.45, 7) is 2.88. The van der Waals surface area contributed by atoms with Crippen molar-refractivity contribution in [1.29, 1.82) is 0 Å². The minimum atomic E-state index is -0.385. The van der Waals surface area contributed by atoms with Crippen LogP contribution in [0.25, 0.3) is 0 Å². The standard InChI is InChI=1S/C18H24N2O2/c21-17-8-4-10-20(17)14-6-3-9-19(12-14)16-11-13-5-1-2-7-15(13)18(16)22/h1-2,5,7,14,16,18,22H,3-4,6,8-12H2/t14-,16+,18-/m1/s1. The molecule has 0 aromatic heterocycles. The van der Waals surface area contributed by atoms with E-state index < -0.39 is 0 Å². The molecule has 4 rings (SSSR count). The van der Waals surface area contributed by atoms with Crippen LogP contribution in [0, 0.1) is 0 Å². The number of rotatable bonds is 2. The van der Waals surface area contributed by atoms with Crippen LogP contribution in [0.5, 0.6) is 0 Å². The lowest BCUT2D eigenvalue weighted by Crippen LogP contribution is -2.52. The first kappa shape index (κ1) is 14.2. The molecule has 0 bridgehead atoms. The van der Waals surface area contributed by atoms with Gasteiger partial charge in [0.15, 0.2) is 0 Å².